The van der Waals surface area contributed by atoms with E-state index < -0.39 is 5.97 Å². The van der Waals surface area contributed by atoms with Crippen molar-refractivity contribution in [3.63, 3.8) is 0 Å². The lowest BCUT2D eigenvalue weighted by Gasteiger charge is -2.27. The van der Waals surface area contributed by atoms with E-state index in [1.54, 1.807) is 48.5 Å². The number of nitrogen functional groups attached to an aromatic ring is 2. The van der Waals surface area contributed by atoms with Crippen LogP contribution in [0.2, 0.25) is 0 Å². The maximum Gasteiger partial charge on any atom is 0.331 e. The van der Waals surface area contributed by atoms with Gasteiger partial charge in [0.15, 0.2) is 0 Å². The zero-order valence-corrected chi connectivity index (χ0v) is 19.7. The van der Waals surface area contributed by atoms with Gasteiger partial charge in [0.1, 0.15) is 12.4 Å². The number of rotatable bonds is 10. The van der Waals surface area contributed by atoms with E-state index in [-0.39, 0.29) is 24.6 Å². The highest BCUT2D eigenvalue weighted by Gasteiger charge is 2.28. The number of anilines is 2. The van der Waals surface area contributed by atoms with Gasteiger partial charge in [-0.3, -0.25) is 4.79 Å². The lowest BCUT2D eigenvalue weighted by Crippen LogP contribution is -2.29. The van der Waals surface area contributed by atoms with E-state index in [1.807, 2.05) is 0 Å². The molecule has 2 aromatic carbocycles. The van der Waals surface area contributed by atoms with Gasteiger partial charge in [-0.25, -0.2) is 4.79 Å². The van der Waals surface area contributed by atoms with Crippen molar-refractivity contribution < 1.29 is 23.8 Å². The van der Waals surface area contributed by atoms with Crippen molar-refractivity contribution in [3.8, 4) is 5.75 Å². The average Bonchev–Trinajstić information content (AvgIpc) is 2.82. The van der Waals surface area contributed by atoms with Crippen molar-refractivity contribution in [2.24, 2.45) is 5.92 Å². The summed E-state index contributed by atoms with van der Waals surface area (Å²) in [4.78, 5) is 24.5. The highest BCUT2D eigenvalue weighted by Crippen LogP contribution is 2.28. The summed E-state index contributed by atoms with van der Waals surface area (Å²) >= 11 is 0. The first-order valence-corrected chi connectivity index (χ1v) is 11.9. The van der Waals surface area contributed by atoms with E-state index in [0.29, 0.717) is 17.1 Å². The molecule has 0 radical (unpaired) electrons. The van der Waals surface area contributed by atoms with Crippen molar-refractivity contribution in [3.05, 3.63) is 59.7 Å². The van der Waals surface area contributed by atoms with Gasteiger partial charge in [0.25, 0.3) is 0 Å². The van der Waals surface area contributed by atoms with Crippen molar-refractivity contribution >= 4 is 29.4 Å². The molecule has 3 rings (SSSR count). The SMILES string of the molecule is CCCCOC1CCC(C(=O)Oc2ccc(/C=C/C(=O)OCc3cc(N)cc(N)c3)cc2)CC1. The molecular formula is C27H34N2O5. The first kappa shape index (κ1) is 25.3. The van der Waals surface area contributed by atoms with Crippen LogP contribution in [0, 0.1) is 5.92 Å². The van der Waals surface area contributed by atoms with Gasteiger partial charge in [-0.05, 0) is 79.6 Å². The van der Waals surface area contributed by atoms with Gasteiger partial charge in [0.05, 0.1) is 12.0 Å². The molecular weight excluding hydrogens is 432 g/mol. The molecule has 0 aliphatic heterocycles. The van der Waals surface area contributed by atoms with Crippen molar-refractivity contribution in [1.29, 1.82) is 0 Å². The van der Waals surface area contributed by atoms with Crippen molar-refractivity contribution in [1.82, 2.24) is 0 Å². The van der Waals surface area contributed by atoms with Crippen LogP contribution in [0.15, 0.2) is 48.5 Å². The van der Waals surface area contributed by atoms with E-state index in [4.69, 9.17) is 25.7 Å². The van der Waals surface area contributed by atoms with Crippen LogP contribution in [0.5, 0.6) is 5.75 Å². The average molecular weight is 467 g/mol. The Morgan fingerprint density at radius 2 is 1.68 bits per heavy atom. The number of hydrogen-bond acceptors (Lipinski definition) is 7. The Balaban J connectivity index is 1.41. The third-order valence-electron chi connectivity index (χ3n) is 5.79. The summed E-state index contributed by atoms with van der Waals surface area (Å²) in [5.41, 5.74) is 14.0. The molecule has 7 heteroatoms. The Morgan fingerprint density at radius 3 is 2.32 bits per heavy atom. The molecule has 2 aromatic rings. The molecule has 1 aliphatic carbocycles. The normalized spacial score (nSPS) is 18.0. The van der Waals surface area contributed by atoms with Crippen LogP contribution in [0.1, 0.15) is 56.6 Å². The smallest absolute Gasteiger partial charge is 0.331 e. The van der Waals surface area contributed by atoms with Gasteiger partial charge in [-0.2, -0.15) is 0 Å². The number of benzene rings is 2. The molecule has 0 atom stereocenters. The fourth-order valence-corrected chi connectivity index (χ4v) is 3.90. The molecule has 7 nitrogen and oxygen atoms in total. The van der Waals surface area contributed by atoms with Crippen LogP contribution in [-0.2, 0) is 25.7 Å². The molecule has 0 aromatic heterocycles. The molecule has 0 spiro atoms. The number of carbonyl (C=O) groups is 2. The van der Waals surface area contributed by atoms with E-state index in [1.165, 1.54) is 6.08 Å². The van der Waals surface area contributed by atoms with Crippen molar-refractivity contribution in [2.45, 2.75) is 58.2 Å². The zero-order chi connectivity index (χ0) is 24.3. The summed E-state index contributed by atoms with van der Waals surface area (Å²) in [5, 5.41) is 0. The lowest BCUT2D eigenvalue weighted by molar-refractivity contribution is -0.141. The molecule has 0 saturated heterocycles. The van der Waals surface area contributed by atoms with Gasteiger partial charge in [-0.15, -0.1) is 0 Å². The minimum absolute atomic E-state index is 0.0834. The second kappa shape index (κ2) is 12.8. The third kappa shape index (κ3) is 8.23. The van der Waals surface area contributed by atoms with Gasteiger partial charge >= 0.3 is 11.9 Å². The van der Waals surface area contributed by atoms with Crippen molar-refractivity contribution in [2.75, 3.05) is 18.1 Å². The minimum Gasteiger partial charge on any atom is -0.458 e. The van der Waals surface area contributed by atoms with E-state index in [9.17, 15) is 9.59 Å². The predicted octanol–water partition coefficient (Wildman–Crippen LogP) is 4.89. The topological polar surface area (TPSA) is 114 Å². The number of carbonyl (C=O) groups excluding carboxylic acids is 2. The number of unbranched alkanes of at least 4 members (excludes halogenated alkanes) is 1. The van der Waals surface area contributed by atoms with Crippen LogP contribution >= 0.6 is 0 Å². The first-order chi connectivity index (χ1) is 16.4. The molecule has 4 N–H and O–H groups in total. The second-order valence-electron chi connectivity index (χ2n) is 8.64. The quantitative estimate of drug-likeness (QED) is 0.168. The number of ether oxygens (including phenoxy) is 3. The maximum atomic E-state index is 12.5. The Kier molecular flexibility index (Phi) is 9.52. The fourth-order valence-electron chi connectivity index (χ4n) is 3.90. The molecule has 0 heterocycles. The van der Waals surface area contributed by atoms with E-state index >= 15 is 0 Å². The Labute approximate surface area is 201 Å². The second-order valence-corrected chi connectivity index (χ2v) is 8.64. The first-order valence-electron chi connectivity index (χ1n) is 11.9. The zero-order valence-electron chi connectivity index (χ0n) is 19.7. The Hall–Kier alpha value is -3.32. The van der Waals surface area contributed by atoms with Gasteiger partial charge < -0.3 is 25.7 Å². The maximum absolute atomic E-state index is 12.5. The number of esters is 2. The summed E-state index contributed by atoms with van der Waals surface area (Å²) in [6.45, 7) is 3.03. The third-order valence-corrected chi connectivity index (χ3v) is 5.79. The number of nitrogens with two attached hydrogens (primary N) is 2. The molecule has 0 unspecified atom stereocenters. The Morgan fingerprint density at radius 1 is 1.00 bits per heavy atom. The molecule has 0 amide bonds. The molecule has 1 aliphatic rings. The molecule has 34 heavy (non-hydrogen) atoms. The summed E-state index contributed by atoms with van der Waals surface area (Å²) in [7, 11) is 0. The molecule has 1 saturated carbocycles. The minimum atomic E-state index is -0.481. The highest BCUT2D eigenvalue weighted by atomic mass is 16.5. The van der Waals surface area contributed by atoms with Crippen LogP contribution in [0.3, 0.4) is 0 Å². The van der Waals surface area contributed by atoms with Gasteiger partial charge in [-0.1, -0.05) is 25.5 Å². The Bertz CT molecular complexity index is 959. The molecule has 182 valence electrons. The van der Waals surface area contributed by atoms with E-state index in [2.05, 4.69) is 6.92 Å². The van der Waals surface area contributed by atoms with E-state index in [0.717, 1.165) is 56.3 Å². The van der Waals surface area contributed by atoms with Crippen LogP contribution in [0.25, 0.3) is 6.08 Å². The predicted molar refractivity (Wildman–Crippen MR) is 133 cm³/mol. The monoisotopic (exact) mass is 466 g/mol. The van der Waals surface area contributed by atoms with Gasteiger partial charge in [0, 0.05) is 24.1 Å². The highest BCUT2D eigenvalue weighted by molar-refractivity contribution is 5.87. The summed E-state index contributed by atoms with van der Waals surface area (Å²) < 4.78 is 16.7. The largest absolute Gasteiger partial charge is 0.458 e. The summed E-state index contributed by atoms with van der Waals surface area (Å²) in [6.07, 6.45) is 8.83. The fraction of sp³-hybridized carbons (Fsp3) is 0.407. The summed E-state index contributed by atoms with van der Waals surface area (Å²) in [6, 6.07) is 12.1. The lowest BCUT2D eigenvalue weighted by atomic mass is 9.87. The number of hydrogen-bond donors (Lipinski definition) is 2. The standard InChI is InChI=1S/C27H34N2O5/c1-2-3-14-32-24-11-7-21(8-12-24)27(31)34-25-9-4-19(5-10-25)6-13-26(30)33-18-20-15-22(28)17-23(29)16-20/h4-6,9-10,13,15-17,21,24H,2-3,7-8,11-12,14,18,28-29H2,1H3/b13-6+. The van der Waals surface area contributed by atoms with Crippen LogP contribution in [-0.4, -0.2) is 24.6 Å². The van der Waals surface area contributed by atoms with Crippen LogP contribution < -0.4 is 16.2 Å². The van der Waals surface area contributed by atoms with Gasteiger partial charge in [0.2, 0.25) is 0 Å². The summed E-state index contributed by atoms with van der Waals surface area (Å²) in [5.74, 6) is -0.271. The van der Waals surface area contributed by atoms with Crippen LogP contribution in [0.4, 0.5) is 11.4 Å². The molecule has 0 bridgehead atoms. The molecule has 1 fully saturated rings.